The van der Waals surface area contributed by atoms with Gasteiger partial charge in [-0.1, -0.05) is 308 Å². The molecule has 0 saturated heterocycles. The smallest absolute Gasteiger partial charge is 0.204 e. The Bertz CT molecular complexity index is 4150. The van der Waals surface area contributed by atoms with Crippen molar-refractivity contribution in [1.29, 1.82) is 0 Å². The Morgan fingerprint density at radius 1 is 0.153 bits per heavy atom. The first-order valence-corrected chi connectivity index (χ1v) is 44.7. The summed E-state index contributed by atoms with van der Waals surface area (Å²) in [5.41, 5.74) is 0. The Morgan fingerprint density at radius 2 is 0.351 bits per heavy atom. The van der Waals surface area contributed by atoms with Crippen LogP contribution in [0.25, 0.3) is 97.0 Å². The zero-order valence-corrected chi connectivity index (χ0v) is 70.1. The molecule has 0 atom stereocenters. The molecule has 9 nitrogen and oxygen atoms in total. The van der Waals surface area contributed by atoms with Crippen molar-refractivity contribution in [3.05, 3.63) is 127 Å². The van der Waals surface area contributed by atoms with Gasteiger partial charge in [0.2, 0.25) is 17.2 Å². The van der Waals surface area contributed by atoms with Crippen molar-refractivity contribution in [1.82, 2.24) is 0 Å². The summed E-state index contributed by atoms with van der Waals surface area (Å²) in [6.07, 6.45) is 39.7. The fourth-order valence-corrected chi connectivity index (χ4v) is 15.6. The maximum Gasteiger partial charge on any atom is 0.204 e. The largest absolute Gasteiger partial charge is 0.490 e. The number of unbranched alkanes of at least 4 members (excludes halogenated alkanes) is 27. The number of hydrogen-bond donors (Lipinski definition) is 0. The van der Waals surface area contributed by atoms with Gasteiger partial charge in [0, 0.05) is 16.2 Å². The first-order chi connectivity index (χ1) is 54.8. The Labute approximate surface area is 667 Å². The minimum atomic E-state index is 0.586. The summed E-state index contributed by atoms with van der Waals surface area (Å²) in [5, 5.41) is 19.6. The molecule has 0 amide bonds. The van der Waals surface area contributed by atoms with Crippen LogP contribution >= 0.6 is 0 Å². The van der Waals surface area contributed by atoms with Crippen molar-refractivity contribution in [2.45, 2.75) is 293 Å². The van der Waals surface area contributed by atoms with Gasteiger partial charge < -0.3 is 42.6 Å². The van der Waals surface area contributed by atoms with Gasteiger partial charge in [-0.15, -0.1) is 0 Å². The average molecular weight is 1510 g/mol. The van der Waals surface area contributed by atoms with Crippen LogP contribution in [0, 0.1) is 0 Å². The van der Waals surface area contributed by atoms with Gasteiger partial charge in [-0.2, -0.15) is 0 Å². The molecular weight excluding hydrogens is 1370 g/mol. The Balaban J connectivity index is 1.32. The van der Waals surface area contributed by atoms with E-state index in [1.165, 1.54) is 57.8 Å². The molecule has 0 N–H and O–H groups in total. The highest BCUT2D eigenvalue weighted by atomic mass is 16.6. The Hall–Kier alpha value is -8.04. The van der Waals surface area contributed by atoms with E-state index in [9.17, 15) is 0 Å². The second-order valence-corrected chi connectivity index (χ2v) is 31.4. The molecule has 0 spiro atoms. The lowest BCUT2D eigenvalue weighted by molar-refractivity contribution is 0.236. The molecule has 0 aliphatic heterocycles. The van der Waals surface area contributed by atoms with Crippen molar-refractivity contribution >= 4 is 97.0 Å². The predicted molar refractivity (Wildman–Crippen MR) is 477 cm³/mol. The van der Waals surface area contributed by atoms with Gasteiger partial charge in [0.15, 0.2) is 34.5 Å². The lowest BCUT2D eigenvalue weighted by Gasteiger charge is -2.21. The van der Waals surface area contributed by atoms with E-state index in [1.54, 1.807) is 0 Å². The van der Waals surface area contributed by atoms with E-state index < -0.39 is 0 Å². The summed E-state index contributed by atoms with van der Waals surface area (Å²) in [5.74, 6) is 6.74. The zero-order chi connectivity index (χ0) is 77.6. The highest BCUT2D eigenvalue weighted by Crippen LogP contribution is 2.51. The van der Waals surface area contributed by atoms with Crippen LogP contribution in [-0.2, 0) is 0 Å². The first kappa shape index (κ1) is 85.4. The number of hydrogen-bond acceptors (Lipinski definition) is 9. The van der Waals surface area contributed by atoms with Crippen LogP contribution in [0.2, 0.25) is 0 Å². The van der Waals surface area contributed by atoms with Crippen molar-refractivity contribution < 1.29 is 42.6 Å². The zero-order valence-electron chi connectivity index (χ0n) is 70.1. The molecule has 0 fully saturated rings. The van der Waals surface area contributed by atoms with Gasteiger partial charge in [0.1, 0.15) is 0 Å². The summed E-state index contributed by atoms with van der Waals surface area (Å²) in [6, 6.07) is 48.8. The van der Waals surface area contributed by atoms with Gasteiger partial charge in [0.25, 0.3) is 0 Å². The third-order valence-electron chi connectivity index (χ3n) is 22.2. The van der Waals surface area contributed by atoms with Crippen LogP contribution in [0.15, 0.2) is 127 Å². The minimum Gasteiger partial charge on any atom is -0.490 e. The molecule has 0 aliphatic rings. The molecule has 9 heteroatoms. The van der Waals surface area contributed by atoms with Gasteiger partial charge in [-0.3, -0.25) is 0 Å². The average Bonchev–Trinajstić information content (AvgIpc) is 0.754. The monoisotopic (exact) mass is 1510 g/mol. The third kappa shape index (κ3) is 24.3. The Morgan fingerprint density at radius 3 is 0.568 bits per heavy atom. The fourth-order valence-electron chi connectivity index (χ4n) is 15.6. The highest BCUT2D eigenvalue weighted by molar-refractivity contribution is 6.21. The molecule has 10 rings (SSSR count). The summed E-state index contributed by atoms with van der Waals surface area (Å²) >= 11 is 0. The van der Waals surface area contributed by atoms with Crippen molar-refractivity contribution in [3.8, 4) is 51.7 Å². The predicted octanol–water partition coefficient (Wildman–Crippen LogP) is 31.4. The summed E-state index contributed by atoms with van der Waals surface area (Å²) in [6.45, 7) is 25.7. The van der Waals surface area contributed by atoms with Crippen molar-refractivity contribution in [2.24, 2.45) is 0 Å². The standard InChI is InChI=1S/C102H138O9/c1-10-19-28-37-58-103-94-73-88-82-55-49-76-47-53-80-71-92-90(75-96(105-60-39-30-21-12-3)101(110-65-44-35-26-17-8)98(92)107-62-41-32-23-14-5)84-57-51-78(69-87(80)84)48-54-81-72-93-89(74-95(104-59-38-29-20-11-2)102(111-66-45-36-27-18-9)99(93)108-63-42-33-24-15-6)83-56-50-77(68-86(81)83)46-52-79(85(82)67-76)70-91(88)97(106-61-40-31-22-13-4)100(94)109-64-43-34-25-16-7/h46-57,67-75H,10-45,58-66H2,1-9H3. The number of fused-ring (bicyclic) bond motifs is 9. The van der Waals surface area contributed by atoms with Crippen LogP contribution in [0.1, 0.15) is 293 Å². The molecule has 10 aromatic carbocycles. The molecule has 0 aromatic heterocycles. The van der Waals surface area contributed by atoms with Crippen molar-refractivity contribution in [2.75, 3.05) is 59.5 Å². The van der Waals surface area contributed by atoms with E-state index in [1.807, 2.05) is 0 Å². The highest BCUT2D eigenvalue weighted by Gasteiger charge is 2.25. The van der Waals surface area contributed by atoms with Crippen molar-refractivity contribution in [3.63, 3.8) is 0 Å². The summed E-state index contributed by atoms with van der Waals surface area (Å²) in [4.78, 5) is 0. The third-order valence-corrected chi connectivity index (χ3v) is 22.2. The van der Waals surface area contributed by atoms with Crippen LogP contribution in [0.4, 0.5) is 0 Å². The maximum absolute atomic E-state index is 7.18. The van der Waals surface area contributed by atoms with Gasteiger partial charge in [0.05, 0.1) is 59.5 Å². The lowest BCUT2D eigenvalue weighted by atomic mass is 9.95. The first-order valence-electron chi connectivity index (χ1n) is 44.7. The van der Waals surface area contributed by atoms with E-state index in [0.717, 1.165) is 322 Å². The summed E-state index contributed by atoms with van der Waals surface area (Å²) < 4.78 is 63.4. The van der Waals surface area contributed by atoms with Crippen LogP contribution in [0.5, 0.6) is 51.7 Å². The lowest BCUT2D eigenvalue weighted by Crippen LogP contribution is -2.07. The van der Waals surface area contributed by atoms with Crippen LogP contribution < -0.4 is 42.6 Å². The topological polar surface area (TPSA) is 83.1 Å². The number of ether oxygens (including phenoxy) is 9. The van der Waals surface area contributed by atoms with Crippen LogP contribution in [0.3, 0.4) is 0 Å². The van der Waals surface area contributed by atoms with Crippen LogP contribution in [-0.4, -0.2) is 59.5 Å². The van der Waals surface area contributed by atoms with Gasteiger partial charge in [-0.05, 0) is 193 Å². The SMILES string of the molecule is CCCCCCOc1cc2c(cc3ccc4ccc5c(c4)c(ccc4ccc6c(c4)c(ccc4ccc2c3c4)cc2c(OCCCCCC)c(OCCCCCC)c(OCCCCCC)cc26)cc2c(OCCCCCC)c(OCCCCCC)c(OCCCCCC)cc25)c(OCCCCCC)c1OCCCCCC. The molecule has 111 heavy (non-hydrogen) atoms. The second-order valence-electron chi connectivity index (χ2n) is 31.4. The molecule has 0 saturated carbocycles. The maximum atomic E-state index is 7.18. The van der Waals surface area contributed by atoms with E-state index in [0.29, 0.717) is 59.5 Å². The van der Waals surface area contributed by atoms with E-state index in [-0.39, 0.29) is 0 Å². The second kappa shape index (κ2) is 47.5. The number of benzene rings is 9. The molecular formula is C102H138O9. The normalized spacial score (nSPS) is 11.6. The molecule has 6 bridgehead atoms. The molecule has 600 valence electrons. The molecule has 10 aromatic rings. The molecule has 0 radical (unpaired) electrons. The minimum absolute atomic E-state index is 0.586. The van der Waals surface area contributed by atoms with Gasteiger partial charge >= 0.3 is 0 Å². The van der Waals surface area contributed by atoms with E-state index in [2.05, 4.69) is 190 Å². The number of rotatable bonds is 54. The Kier molecular flexibility index (Phi) is 36.5. The van der Waals surface area contributed by atoms with E-state index in [4.69, 9.17) is 42.6 Å². The van der Waals surface area contributed by atoms with E-state index >= 15 is 0 Å². The molecule has 0 heterocycles. The van der Waals surface area contributed by atoms with Gasteiger partial charge in [-0.25, -0.2) is 0 Å². The summed E-state index contributed by atoms with van der Waals surface area (Å²) in [7, 11) is 0. The fraction of sp³-hybridized carbons (Fsp3) is 0.529. The molecule has 0 aliphatic carbocycles. The quantitative estimate of drug-likeness (QED) is 0.0273. The molecule has 0 unspecified atom stereocenters.